The van der Waals surface area contributed by atoms with Crippen LogP contribution in [0, 0.1) is 0 Å². The van der Waals surface area contributed by atoms with Gasteiger partial charge in [-0.15, -0.1) is 0 Å². The number of epoxide rings is 1. The minimum atomic E-state index is -1.06. The van der Waals surface area contributed by atoms with E-state index in [1.165, 1.54) is 0 Å². The lowest BCUT2D eigenvalue weighted by Crippen LogP contribution is -2.07. The Morgan fingerprint density at radius 1 is 0.938 bits per heavy atom. The molecule has 1 atom stereocenters. The van der Waals surface area contributed by atoms with Gasteiger partial charge in [-0.2, -0.15) is 0 Å². The number of hydrogen-bond acceptors (Lipinski definition) is 1. The topological polar surface area (TPSA) is 12.5 Å². The summed E-state index contributed by atoms with van der Waals surface area (Å²) in [6, 6.07) is -5.16. The molecule has 1 heterocycles. The summed E-state index contributed by atoms with van der Waals surface area (Å²) in [6.07, 6.45) is -0.623. The number of benzene rings is 2. The Hall–Kier alpha value is -1.60. The Morgan fingerprint density at radius 3 is 1.75 bits per heavy atom. The normalized spacial score (nSPS) is 27.4. The molecule has 0 N–H and O–H groups in total. The van der Waals surface area contributed by atoms with Crippen LogP contribution in [0.1, 0.15) is 30.8 Å². The smallest absolute Gasteiger partial charge is 0.0918 e. The van der Waals surface area contributed by atoms with E-state index in [1.54, 1.807) is 0 Å². The molecule has 80 valence electrons. The summed E-state index contributed by atoms with van der Waals surface area (Å²) in [4.78, 5) is 0. The molecule has 0 radical (unpaired) electrons. The van der Waals surface area contributed by atoms with Crippen molar-refractivity contribution in [3.63, 3.8) is 0 Å². The molecule has 2 aromatic rings. The fourth-order valence-electron chi connectivity index (χ4n) is 1.59. The highest BCUT2D eigenvalue weighted by molar-refractivity contribution is 5.34. The fourth-order valence-corrected chi connectivity index (χ4v) is 1.59. The summed E-state index contributed by atoms with van der Waals surface area (Å²) >= 11 is 0. The van der Waals surface area contributed by atoms with Gasteiger partial charge in [0.1, 0.15) is 0 Å². The van der Waals surface area contributed by atoms with Crippen LogP contribution in [0.15, 0.2) is 60.4 Å². The molecule has 0 amide bonds. The van der Waals surface area contributed by atoms with E-state index in [0.29, 0.717) is 0 Å². The minimum absolute atomic E-state index is 0.128. The molecule has 3 rings (SSSR count). The van der Waals surface area contributed by atoms with Crippen molar-refractivity contribution in [3.8, 4) is 0 Å². The van der Waals surface area contributed by atoms with Crippen molar-refractivity contribution >= 4 is 0 Å². The van der Waals surface area contributed by atoms with Gasteiger partial charge in [-0.05, 0) is 11.1 Å². The van der Waals surface area contributed by atoms with Gasteiger partial charge in [0.2, 0.25) is 0 Å². The lowest BCUT2D eigenvalue weighted by atomic mass is 9.89. The van der Waals surface area contributed by atoms with E-state index in [-0.39, 0.29) is 17.7 Å². The Balaban J connectivity index is 2.37. The average molecular weight is 220 g/mol. The van der Waals surface area contributed by atoms with Crippen LogP contribution in [0.25, 0.3) is 0 Å². The molecule has 0 aromatic heterocycles. The van der Waals surface area contributed by atoms with Crippen LogP contribution in [0.5, 0.6) is 0 Å². The Labute approximate surface area is 110 Å². The van der Waals surface area contributed by atoms with Gasteiger partial charge in [-0.25, -0.2) is 0 Å². The lowest BCUT2D eigenvalue weighted by molar-refractivity contribution is 0.389. The maximum Gasteiger partial charge on any atom is 0.0918 e. The quantitative estimate of drug-likeness (QED) is 0.724. The van der Waals surface area contributed by atoms with Crippen LogP contribution in [0.2, 0.25) is 0 Å². The minimum Gasteiger partial charge on any atom is -0.372 e. The average Bonchev–Trinajstić information content (AvgIpc) is 3.45. The first-order valence-corrected chi connectivity index (χ1v) is 4.84. The van der Waals surface area contributed by atoms with Gasteiger partial charge in [0, 0.05) is 5.92 Å². The monoisotopic (exact) mass is 220 g/mol. The van der Waals surface area contributed by atoms with E-state index >= 15 is 0 Å². The Kier molecular flexibility index (Phi) is 0.952. The van der Waals surface area contributed by atoms with Gasteiger partial charge in [0.25, 0.3) is 0 Å². The van der Waals surface area contributed by atoms with Crippen molar-refractivity contribution in [1.82, 2.24) is 0 Å². The number of rotatable bonds is 3. The zero-order chi connectivity index (χ0) is 19.5. The molecule has 0 spiro atoms. The van der Waals surface area contributed by atoms with Gasteiger partial charge >= 0.3 is 0 Å². The third-order valence-corrected chi connectivity index (χ3v) is 2.39. The van der Waals surface area contributed by atoms with E-state index in [0.717, 1.165) is 0 Å². The van der Waals surface area contributed by atoms with Crippen molar-refractivity contribution in [3.05, 3.63) is 71.6 Å². The van der Waals surface area contributed by atoms with Crippen LogP contribution < -0.4 is 0 Å². The van der Waals surface area contributed by atoms with Crippen molar-refractivity contribution in [1.29, 1.82) is 0 Å². The molecule has 16 heavy (non-hydrogen) atoms. The maximum absolute atomic E-state index is 8.15. The highest BCUT2D eigenvalue weighted by atomic mass is 16.6. The van der Waals surface area contributed by atoms with Crippen molar-refractivity contribution < 1.29 is 18.4 Å². The highest BCUT2D eigenvalue weighted by Crippen LogP contribution is 2.35. The van der Waals surface area contributed by atoms with Gasteiger partial charge in [-0.3, -0.25) is 0 Å². The van der Waals surface area contributed by atoms with Gasteiger partial charge in [-0.1, -0.05) is 60.4 Å². The largest absolute Gasteiger partial charge is 0.372 e. The van der Waals surface area contributed by atoms with Crippen molar-refractivity contribution in [2.75, 3.05) is 6.61 Å². The van der Waals surface area contributed by atoms with Crippen LogP contribution in [-0.4, -0.2) is 12.7 Å². The third kappa shape index (κ3) is 1.86. The molecule has 1 fully saturated rings. The molecular formula is C15H14O. The molecule has 1 aliphatic rings. The highest BCUT2D eigenvalue weighted by Gasteiger charge is 2.34. The van der Waals surface area contributed by atoms with E-state index in [4.69, 9.17) is 18.4 Å². The second kappa shape index (κ2) is 4.11. The van der Waals surface area contributed by atoms with Gasteiger partial charge in [0.15, 0.2) is 0 Å². The summed E-state index contributed by atoms with van der Waals surface area (Å²) in [7, 11) is 0. The molecular weight excluding hydrogens is 196 g/mol. The molecule has 0 bridgehead atoms. The second-order valence-corrected chi connectivity index (χ2v) is 3.43. The maximum atomic E-state index is 8.15. The molecule has 1 saturated heterocycles. The molecule has 0 saturated carbocycles. The summed E-state index contributed by atoms with van der Waals surface area (Å²) in [5.41, 5.74) is -0.255. The van der Waals surface area contributed by atoms with Crippen molar-refractivity contribution in [2.45, 2.75) is 12.0 Å². The SMILES string of the molecule is [2H]c1c([2H])c([2H])c(C(c2c([2H])c([2H])c([2H])c([2H])c2[2H])C2CO2)c([2H])c1[2H]. The lowest BCUT2D eigenvalue weighted by Gasteiger charge is -2.15. The van der Waals surface area contributed by atoms with Crippen LogP contribution in [-0.2, 0) is 4.74 Å². The first-order valence-electron chi connectivity index (χ1n) is 9.84. The van der Waals surface area contributed by atoms with Crippen LogP contribution in [0.3, 0.4) is 0 Å². The number of hydrogen-bond donors (Lipinski definition) is 0. The van der Waals surface area contributed by atoms with E-state index in [9.17, 15) is 0 Å². The Morgan fingerprint density at radius 2 is 1.38 bits per heavy atom. The zero-order valence-corrected chi connectivity index (χ0v) is 8.27. The fraction of sp³-hybridized carbons (Fsp3) is 0.200. The van der Waals surface area contributed by atoms with Crippen molar-refractivity contribution in [2.24, 2.45) is 0 Å². The summed E-state index contributed by atoms with van der Waals surface area (Å²) < 4.78 is 84.6. The summed E-state index contributed by atoms with van der Waals surface area (Å²) in [5, 5.41) is 0. The molecule has 1 unspecified atom stereocenters. The Bertz CT molecular complexity index is 794. The summed E-state index contributed by atoms with van der Waals surface area (Å²) in [6.45, 7) is 0.203. The van der Waals surface area contributed by atoms with E-state index < -0.39 is 72.4 Å². The first-order chi connectivity index (χ1) is 12.1. The van der Waals surface area contributed by atoms with Crippen LogP contribution in [0.4, 0.5) is 0 Å². The predicted octanol–water partition coefficient (Wildman–Crippen LogP) is 3.22. The van der Waals surface area contributed by atoms with Gasteiger partial charge in [0.05, 0.1) is 26.4 Å². The first kappa shape index (κ1) is 3.71. The molecule has 0 aliphatic carbocycles. The predicted molar refractivity (Wildman–Crippen MR) is 64.5 cm³/mol. The standard InChI is InChI=1S/C15H14O/c1-3-7-12(8-4-1)15(14-11-16-14)13-9-5-2-6-10-13/h1-10,14-15H,11H2/i1D,2D,3D,4D,5D,6D,7D,8D,9D,10D. The molecule has 1 heteroatoms. The van der Waals surface area contributed by atoms with Crippen LogP contribution >= 0.6 is 0 Å². The molecule has 1 aliphatic heterocycles. The van der Waals surface area contributed by atoms with Gasteiger partial charge < -0.3 is 4.74 Å². The third-order valence-electron chi connectivity index (χ3n) is 2.39. The number of ether oxygens (including phenoxy) is 1. The van der Waals surface area contributed by atoms with E-state index in [2.05, 4.69) is 0 Å². The summed E-state index contributed by atoms with van der Waals surface area (Å²) in [5.74, 6) is -1.06. The second-order valence-electron chi connectivity index (χ2n) is 3.43. The molecule has 2 aromatic carbocycles. The zero-order valence-electron chi connectivity index (χ0n) is 18.3. The van der Waals surface area contributed by atoms with E-state index in [1.807, 2.05) is 0 Å². The molecule has 1 nitrogen and oxygen atoms in total.